The molecule has 0 unspecified atom stereocenters. The molecule has 0 saturated carbocycles. The van der Waals surface area contributed by atoms with Crippen LogP contribution >= 0.6 is 0 Å². The molecule has 0 radical (unpaired) electrons. The summed E-state index contributed by atoms with van der Waals surface area (Å²) < 4.78 is 5.50. The fraction of sp³-hybridized carbons (Fsp3) is 0.333. The number of hydrogen-bond acceptors (Lipinski definition) is 2. The average molecular weight is 229 g/mol. The highest BCUT2D eigenvalue weighted by atomic mass is 16.5. The van der Waals surface area contributed by atoms with Gasteiger partial charge in [-0.3, -0.25) is 0 Å². The van der Waals surface area contributed by atoms with Crippen molar-refractivity contribution in [3.63, 3.8) is 0 Å². The molecule has 2 nitrogen and oxygen atoms in total. The Bertz CT molecular complexity index is 531. The molecule has 17 heavy (non-hydrogen) atoms. The molecule has 2 heteroatoms. The highest BCUT2D eigenvalue weighted by molar-refractivity contribution is 5.88. The highest BCUT2D eigenvalue weighted by Gasteiger charge is 2.24. The van der Waals surface area contributed by atoms with Gasteiger partial charge in [-0.2, -0.15) is 0 Å². The molecule has 2 aromatic carbocycles. The summed E-state index contributed by atoms with van der Waals surface area (Å²) in [5.74, 6) is 0.933. The summed E-state index contributed by atoms with van der Waals surface area (Å²) in [7, 11) is 3.70. The van der Waals surface area contributed by atoms with Crippen molar-refractivity contribution in [2.75, 3.05) is 14.2 Å². The van der Waals surface area contributed by atoms with Crippen LogP contribution in [0.1, 0.15) is 19.4 Å². The van der Waals surface area contributed by atoms with Gasteiger partial charge in [0.05, 0.1) is 7.11 Å². The molecule has 0 aliphatic rings. The van der Waals surface area contributed by atoms with Gasteiger partial charge in [0.1, 0.15) is 5.75 Å². The number of methoxy groups -OCH3 is 1. The van der Waals surface area contributed by atoms with Crippen molar-refractivity contribution in [3.8, 4) is 5.75 Å². The Kier molecular flexibility index (Phi) is 3.07. The smallest absolute Gasteiger partial charge is 0.124 e. The molecule has 2 aromatic rings. The fourth-order valence-electron chi connectivity index (χ4n) is 2.19. The molecule has 0 spiro atoms. The minimum Gasteiger partial charge on any atom is -0.496 e. The molecule has 90 valence electrons. The average Bonchev–Trinajstić information content (AvgIpc) is 2.37. The van der Waals surface area contributed by atoms with E-state index in [0.29, 0.717) is 0 Å². The molecule has 0 aromatic heterocycles. The lowest BCUT2D eigenvalue weighted by Crippen LogP contribution is -2.33. The van der Waals surface area contributed by atoms with Crippen LogP contribution in [0.15, 0.2) is 36.4 Å². The third-order valence-electron chi connectivity index (χ3n) is 3.36. The number of hydrogen-bond donors (Lipinski definition) is 1. The summed E-state index contributed by atoms with van der Waals surface area (Å²) in [5.41, 5.74) is 1.09. The molecule has 0 saturated heterocycles. The minimum atomic E-state index is -0.119. The van der Waals surface area contributed by atoms with Gasteiger partial charge in [0.2, 0.25) is 0 Å². The van der Waals surface area contributed by atoms with E-state index in [1.807, 2.05) is 13.1 Å². The third-order valence-corrected chi connectivity index (χ3v) is 3.36. The normalized spacial score (nSPS) is 11.8. The fourth-order valence-corrected chi connectivity index (χ4v) is 2.19. The Hall–Kier alpha value is -1.54. The predicted molar refractivity (Wildman–Crippen MR) is 72.6 cm³/mol. The Morgan fingerprint density at radius 3 is 2.41 bits per heavy atom. The molecule has 0 fully saturated rings. The first-order valence-corrected chi connectivity index (χ1v) is 5.85. The zero-order valence-corrected chi connectivity index (χ0v) is 10.9. The number of rotatable bonds is 3. The van der Waals surface area contributed by atoms with Gasteiger partial charge in [-0.15, -0.1) is 0 Å². The van der Waals surface area contributed by atoms with Crippen LogP contribution in [0.25, 0.3) is 10.8 Å². The lowest BCUT2D eigenvalue weighted by atomic mass is 9.88. The van der Waals surface area contributed by atoms with E-state index < -0.39 is 0 Å². The van der Waals surface area contributed by atoms with Gasteiger partial charge in [-0.25, -0.2) is 0 Å². The van der Waals surface area contributed by atoms with Crippen molar-refractivity contribution in [2.24, 2.45) is 0 Å². The van der Waals surface area contributed by atoms with Crippen LogP contribution < -0.4 is 10.1 Å². The molecule has 0 atom stereocenters. The Balaban J connectivity index is 2.80. The van der Waals surface area contributed by atoms with Crippen LogP contribution in [0.3, 0.4) is 0 Å². The van der Waals surface area contributed by atoms with Gasteiger partial charge in [-0.05, 0) is 37.7 Å². The second kappa shape index (κ2) is 4.38. The molecule has 1 N–H and O–H groups in total. The largest absolute Gasteiger partial charge is 0.496 e. The molecule has 0 bridgehead atoms. The first-order valence-electron chi connectivity index (χ1n) is 5.85. The van der Waals surface area contributed by atoms with Gasteiger partial charge in [0.25, 0.3) is 0 Å². The Labute approximate surface area is 103 Å². The molecule has 2 rings (SSSR count). The quantitative estimate of drug-likeness (QED) is 0.872. The molecular formula is C15H19NO. The minimum absolute atomic E-state index is 0.119. The maximum Gasteiger partial charge on any atom is 0.124 e. The first kappa shape index (κ1) is 11.9. The van der Waals surface area contributed by atoms with Crippen molar-refractivity contribution in [3.05, 3.63) is 42.0 Å². The summed E-state index contributed by atoms with van der Waals surface area (Å²) >= 11 is 0. The number of benzene rings is 2. The maximum absolute atomic E-state index is 5.50. The van der Waals surface area contributed by atoms with Crippen molar-refractivity contribution < 1.29 is 4.74 Å². The van der Waals surface area contributed by atoms with Crippen LogP contribution in [0.5, 0.6) is 5.75 Å². The summed E-state index contributed by atoms with van der Waals surface area (Å²) in [6.45, 7) is 4.33. The monoisotopic (exact) mass is 229 g/mol. The summed E-state index contributed by atoms with van der Waals surface area (Å²) in [6.07, 6.45) is 0. The topological polar surface area (TPSA) is 21.3 Å². The van der Waals surface area contributed by atoms with Gasteiger partial charge in [0, 0.05) is 11.1 Å². The Morgan fingerprint density at radius 2 is 1.76 bits per heavy atom. The van der Waals surface area contributed by atoms with E-state index >= 15 is 0 Å². The standard InChI is InChI=1S/C15H19NO/c1-15(2,16-3)14-12-8-6-5-7-11(12)9-10-13(14)17-4/h5-10,16H,1-4H3. The van der Waals surface area contributed by atoms with E-state index in [2.05, 4.69) is 49.5 Å². The van der Waals surface area contributed by atoms with Gasteiger partial charge in [0.15, 0.2) is 0 Å². The van der Waals surface area contributed by atoms with E-state index in [-0.39, 0.29) is 5.54 Å². The van der Waals surface area contributed by atoms with Gasteiger partial charge in [-0.1, -0.05) is 30.3 Å². The van der Waals surface area contributed by atoms with E-state index in [1.165, 1.54) is 16.3 Å². The molecule has 0 heterocycles. The SMILES string of the molecule is CNC(C)(C)c1c(OC)ccc2ccccc12. The lowest BCUT2D eigenvalue weighted by Gasteiger charge is -2.28. The van der Waals surface area contributed by atoms with E-state index in [0.717, 1.165) is 5.75 Å². The van der Waals surface area contributed by atoms with Crippen molar-refractivity contribution in [1.29, 1.82) is 0 Å². The summed E-state index contributed by atoms with van der Waals surface area (Å²) in [4.78, 5) is 0. The van der Waals surface area contributed by atoms with Crippen molar-refractivity contribution >= 4 is 10.8 Å². The number of ether oxygens (including phenoxy) is 1. The zero-order valence-electron chi connectivity index (χ0n) is 10.9. The zero-order chi connectivity index (χ0) is 12.5. The van der Waals surface area contributed by atoms with Gasteiger partial charge < -0.3 is 10.1 Å². The maximum atomic E-state index is 5.50. The van der Waals surface area contributed by atoms with Gasteiger partial charge >= 0.3 is 0 Å². The first-order chi connectivity index (χ1) is 8.10. The van der Waals surface area contributed by atoms with Crippen LogP contribution in [0.2, 0.25) is 0 Å². The van der Waals surface area contributed by atoms with Crippen molar-refractivity contribution in [2.45, 2.75) is 19.4 Å². The molecule has 0 amide bonds. The lowest BCUT2D eigenvalue weighted by molar-refractivity contribution is 0.378. The van der Waals surface area contributed by atoms with Crippen LogP contribution in [0.4, 0.5) is 0 Å². The predicted octanol–water partition coefficient (Wildman–Crippen LogP) is 3.30. The second-order valence-electron chi connectivity index (χ2n) is 4.74. The number of fused-ring (bicyclic) bond motifs is 1. The van der Waals surface area contributed by atoms with E-state index in [9.17, 15) is 0 Å². The number of nitrogens with one attached hydrogen (secondary N) is 1. The highest BCUT2D eigenvalue weighted by Crippen LogP contribution is 2.35. The molecule has 0 aliphatic carbocycles. The van der Waals surface area contributed by atoms with E-state index in [4.69, 9.17) is 4.74 Å². The molecule has 0 aliphatic heterocycles. The Morgan fingerprint density at radius 1 is 1.06 bits per heavy atom. The molecular weight excluding hydrogens is 210 g/mol. The van der Waals surface area contributed by atoms with Crippen LogP contribution in [-0.4, -0.2) is 14.2 Å². The third kappa shape index (κ3) is 2.01. The second-order valence-corrected chi connectivity index (χ2v) is 4.74. The van der Waals surface area contributed by atoms with Crippen LogP contribution in [-0.2, 0) is 5.54 Å². The van der Waals surface area contributed by atoms with Crippen molar-refractivity contribution in [1.82, 2.24) is 5.32 Å². The summed E-state index contributed by atoms with van der Waals surface area (Å²) in [6, 6.07) is 12.5. The van der Waals surface area contributed by atoms with E-state index in [1.54, 1.807) is 7.11 Å². The summed E-state index contributed by atoms with van der Waals surface area (Å²) in [5, 5.41) is 5.83. The van der Waals surface area contributed by atoms with Crippen LogP contribution in [0, 0.1) is 0 Å².